The summed E-state index contributed by atoms with van der Waals surface area (Å²) in [6, 6.07) is 12.4. The normalized spacial score (nSPS) is 24.9. The van der Waals surface area contributed by atoms with Crippen LogP contribution in [0.3, 0.4) is 0 Å². The maximum atomic E-state index is 13.2. The second kappa shape index (κ2) is 10.6. The summed E-state index contributed by atoms with van der Waals surface area (Å²) in [7, 11) is 3.56. The van der Waals surface area contributed by atoms with Gasteiger partial charge in [-0.05, 0) is 50.4 Å². The number of carbonyl (C=O) groups is 1. The van der Waals surface area contributed by atoms with Crippen molar-refractivity contribution < 1.29 is 29.2 Å². The van der Waals surface area contributed by atoms with Gasteiger partial charge >= 0.3 is 0 Å². The number of benzene rings is 3. The van der Waals surface area contributed by atoms with Gasteiger partial charge in [0.2, 0.25) is 12.7 Å². The number of hydrogen-bond acceptors (Lipinski definition) is 9. The molecule has 10 nitrogen and oxygen atoms in total. The molecular formula is C34H36N4O6. The van der Waals surface area contributed by atoms with Crippen LogP contribution in [0.15, 0.2) is 36.4 Å². The molecule has 0 spiro atoms. The van der Waals surface area contributed by atoms with E-state index in [1.54, 1.807) is 7.11 Å². The molecule has 1 fully saturated rings. The monoisotopic (exact) mass is 596 g/mol. The van der Waals surface area contributed by atoms with Crippen LogP contribution in [0.2, 0.25) is 0 Å². The molecule has 228 valence electrons. The van der Waals surface area contributed by atoms with Crippen molar-refractivity contribution in [3.05, 3.63) is 75.3 Å². The van der Waals surface area contributed by atoms with Crippen LogP contribution in [0.4, 0.5) is 0 Å². The van der Waals surface area contributed by atoms with Crippen molar-refractivity contribution in [1.29, 1.82) is 5.26 Å². The number of carbonyl (C=O) groups excluding carboxylic acids is 1. The third-order valence-electron chi connectivity index (χ3n) is 9.99. The Morgan fingerprint density at radius 3 is 2.57 bits per heavy atom. The lowest BCUT2D eigenvalue weighted by Gasteiger charge is -2.60. The zero-order chi connectivity index (χ0) is 30.9. The maximum absolute atomic E-state index is 13.2. The molecule has 10 heteroatoms. The third kappa shape index (κ3) is 4.10. The number of phenols is 2. The largest absolute Gasteiger partial charge is 0.507 e. The number of likely N-dealkylation sites (N-methyl/N-ethyl adjacent to an activating group) is 1. The van der Waals surface area contributed by atoms with Crippen LogP contribution in [0.1, 0.15) is 51.0 Å². The first-order chi connectivity index (χ1) is 21.2. The van der Waals surface area contributed by atoms with E-state index in [1.165, 1.54) is 0 Å². The Labute approximate surface area is 256 Å². The van der Waals surface area contributed by atoms with Gasteiger partial charge in [-0.25, -0.2) is 0 Å². The number of aromatic hydroxyl groups is 2. The van der Waals surface area contributed by atoms with Crippen molar-refractivity contribution in [1.82, 2.24) is 15.1 Å². The Hall–Kier alpha value is -4.46. The number of fused-ring (bicyclic) bond motifs is 9. The summed E-state index contributed by atoms with van der Waals surface area (Å²) >= 11 is 0. The van der Waals surface area contributed by atoms with Gasteiger partial charge in [-0.1, -0.05) is 36.4 Å². The molecule has 7 rings (SSSR count). The predicted octanol–water partition coefficient (Wildman–Crippen LogP) is 3.58. The van der Waals surface area contributed by atoms with E-state index in [0.29, 0.717) is 41.2 Å². The minimum Gasteiger partial charge on any atom is -0.507 e. The van der Waals surface area contributed by atoms with E-state index in [-0.39, 0.29) is 55.3 Å². The molecule has 44 heavy (non-hydrogen) atoms. The van der Waals surface area contributed by atoms with E-state index < -0.39 is 12.1 Å². The second-order valence-electron chi connectivity index (χ2n) is 12.2. The summed E-state index contributed by atoms with van der Waals surface area (Å²) in [5, 5.41) is 37.0. The van der Waals surface area contributed by atoms with Crippen LogP contribution in [-0.4, -0.2) is 71.5 Å². The first-order valence-corrected chi connectivity index (χ1v) is 15.0. The van der Waals surface area contributed by atoms with Crippen molar-refractivity contribution >= 4 is 5.91 Å². The fourth-order valence-corrected chi connectivity index (χ4v) is 8.10. The Kier molecular flexibility index (Phi) is 6.83. The highest BCUT2D eigenvalue weighted by atomic mass is 16.7. The lowest BCUT2D eigenvalue weighted by atomic mass is 9.71. The number of amides is 1. The van der Waals surface area contributed by atoms with Gasteiger partial charge in [-0.3, -0.25) is 14.6 Å². The Morgan fingerprint density at radius 2 is 1.84 bits per heavy atom. The van der Waals surface area contributed by atoms with Gasteiger partial charge in [0.05, 0.1) is 31.7 Å². The number of rotatable bonds is 5. The molecule has 0 saturated carbocycles. The molecule has 1 saturated heterocycles. The minimum absolute atomic E-state index is 0.0264. The molecule has 4 heterocycles. The first kappa shape index (κ1) is 28.3. The van der Waals surface area contributed by atoms with Crippen LogP contribution in [0.25, 0.3) is 0 Å². The molecule has 5 atom stereocenters. The predicted molar refractivity (Wildman–Crippen MR) is 161 cm³/mol. The van der Waals surface area contributed by atoms with Crippen molar-refractivity contribution in [2.24, 2.45) is 0 Å². The van der Waals surface area contributed by atoms with E-state index in [0.717, 1.165) is 27.8 Å². The van der Waals surface area contributed by atoms with E-state index in [4.69, 9.17) is 14.2 Å². The van der Waals surface area contributed by atoms with E-state index >= 15 is 0 Å². The number of nitriles is 1. The summed E-state index contributed by atoms with van der Waals surface area (Å²) in [4.78, 5) is 17.6. The molecule has 3 aromatic carbocycles. The van der Waals surface area contributed by atoms with Gasteiger partial charge < -0.3 is 29.7 Å². The van der Waals surface area contributed by atoms with Gasteiger partial charge in [-0.15, -0.1) is 0 Å². The summed E-state index contributed by atoms with van der Waals surface area (Å²) in [6.45, 7) is 3.95. The highest BCUT2D eigenvalue weighted by molar-refractivity contribution is 5.78. The number of aryl methyl sites for hydroxylation is 1. The number of piperazine rings is 1. The summed E-state index contributed by atoms with van der Waals surface area (Å²) in [5.74, 6) is 1.58. The Morgan fingerprint density at radius 1 is 1.09 bits per heavy atom. The number of hydrogen-bond donors (Lipinski definition) is 3. The van der Waals surface area contributed by atoms with Crippen LogP contribution >= 0.6 is 0 Å². The average Bonchev–Trinajstić information content (AvgIpc) is 3.50. The summed E-state index contributed by atoms with van der Waals surface area (Å²) in [5.41, 5.74) is 5.57. The van der Waals surface area contributed by atoms with Gasteiger partial charge in [0, 0.05) is 40.9 Å². The van der Waals surface area contributed by atoms with Crippen LogP contribution in [0, 0.1) is 25.2 Å². The fourth-order valence-electron chi connectivity index (χ4n) is 8.10. The molecule has 4 aliphatic rings. The number of methoxy groups -OCH3 is 1. The standard InChI is InChI=1S/C34H36N4O6/c1-17-10-20-12-22-24(14-35)38-23(29(37(22)3)27(20)31(41)32(17)42-4)13-21-28(34-33(43-16-44-34)18(2)30(21)40)25(38)15-36-26(39)11-19-8-6-5-7-9-19/h5-10,22-25,29,40-41H,11-13,15-16H2,1-4H3,(H,36,39)/t22-,23?,24-,25-,29-/m0/s1. The van der Waals surface area contributed by atoms with Crippen LogP contribution in [0.5, 0.6) is 28.7 Å². The van der Waals surface area contributed by atoms with E-state index in [2.05, 4.69) is 27.3 Å². The highest BCUT2D eigenvalue weighted by Gasteiger charge is 2.56. The van der Waals surface area contributed by atoms with Crippen LogP contribution < -0.4 is 19.5 Å². The van der Waals surface area contributed by atoms with Gasteiger partial charge in [0.15, 0.2) is 23.0 Å². The number of nitrogens with zero attached hydrogens (tertiary/aromatic N) is 3. The number of ether oxygens (including phenoxy) is 3. The lowest BCUT2D eigenvalue weighted by molar-refractivity contribution is -0.121. The van der Waals surface area contributed by atoms with E-state index in [9.17, 15) is 20.3 Å². The Bertz CT molecular complexity index is 1700. The fraction of sp³-hybridized carbons (Fsp3) is 0.412. The third-order valence-corrected chi connectivity index (χ3v) is 9.99. The molecule has 3 N–H and O–H groups in total. The molecule has 1 amide bonds. The molecular weight excluding hydrogens is 560 g/mol. The Balaban J connectivity index is 1.37. The summed E-state index contributed by atoms with van der Waals surface area (Å²) < 4.78 is 17.4. The van der Waals surface area contributed by atoms with Crippen molar-refractivity contribution in [2.45, 2.75) is 63.3 Å². The highest BCUT2D eigenvalue weighted by Crippen LogP contribution is 2.58. The molecule has 0 aliphatic carbocycles. The molecule has 0 aromatic heterocycles. The second-order valence-corrected chi connectivity index (χ2v) is 12.2. The smallest absolute Gasteiger partial charge is 0.231 e. The van der Waals surface area contributed by atoms with Gasteiger partial charge in [0.25, 0.3) is 0 Å². The lowest BCUT2D eigenvalue weighted by Crippen LogP contribution is -2.68. The number of phenolic OH excluding ortho intramolecular Hbond substituents is 2. The van der Waals surface area contributed by atoms with Gasteiger partial charge in [0.1, 0.15) is 11.8 Å². The van der Waals surface area contributed by atoms with Gasteiger partial charge in [-0.2, -0.15) is 5.26 Å². The SMILES string of the molecule is COc1c(C)cc2c(c1O)[C@@H]1C3Cc4c(O)c(C)c5c(c4[C@H](CNC(=O)Cc4ccccc4)N3[C@@H](C#N)[C@H](C2)N1C)OCO5. The molecule has 4 aliphatic heterocycles. The zero-order valence-corrected chi connectivity index (χ0v) is 25.3. The maximum Gasteiger partial charge on any atom is 0.231 e. The molecule has 3 aromatic rings. The number of nitrogens with one attached hydrogen (secondary N) is 1. The average molecular weight is 597 g/mol. The molecule has 0 radical (unpaired) electrons. The van der Waals surface area contributed by atoms with Crippen molar-refractivity contribution in [3.63, 3.8) is 0 Å². The van der Waals surface area contributed by atoms with Crippen molar-refractivity contribution in [2.75, 3.05) is 27.5 Å². The van der Waals surface area contributed by atoms with Crippen LogP contribution in [-0.2, 0) is 24.1 Å². The first-order valence-electron chi connectivity index (χ1n) is 15.0. The summed E-state index contributed by atoms with van der Waals surface area (Å²) in [6.07, 6.45) is 1.19. The minimum atomic E-state index is -0.537. The molecule has 1 unspecified atom stereocenters. The topological polar surface area (TPSA) is 128 Å². The zero-order valence-electron chi connectivity index (χ0n) is 25.3. The quantitative estimate of drug-likeness (QED) is 0.405. The van der Waals surface area contributed by atoms with Crippen molar-refractivity contribution in [3.8, 4) is 34.8 Å². The molecule has 2 bridgehead atoms. The van der Waals surface area contributed by atoms with E-state index in [1.807, 2.05) is 51.2 Å².